The van der Waals surface area contributed by atoms with E-state index < -0.39 is 0 Å². The molecule has 1 aliphatic heterocycles. The van der Waals surface area contributed by atoms with Gasteiger partial charge < -0.3 is 4.74 Å². The van der Waals surface area contributed by atoms with Crippen LogP contribution in [0.25, 0.3) is 0 Å². The van der Waals surface area contributed by atoms with Crippen molar-refractivity contribution in [1.29, 1.82) is 0 Å². The molecule has 0 aliphatic carbocycles. The summed E-state index contributed by atoms with van der Waals surface area (Å²) in [5, 5.41) is 0. The summed E-state index contributed by atoms with van der Waals surface area (Å²) in [6.45, 7) is 5.30. The molecule has 1 aliphatic rings. The van der Waals surface area contributed by atoms with Crippen LogP contribution in [-0.2, 0) is 11.2 Å². The SMILES string of the molecule is c1ccc(CCCCN2CCOCC2)cc1. The van der Waals surface area contributed by atoms with Gasteiger partial charge in [-0.3, -0.25) is 4.90 Å². The van der Waals surface area contributed by atoms with Crippen LogP contribution in [0.3, 0.4) is 0 Å². The molecule has 0 radical (unpaired) electrons. The van der Waals surface area contributed by atoms with E-state index in [2.05, 4.69) is 35.2 Å². The molecular weight excluding hydrogens is 198 g/mol. The molecule has 0 amide bonds. The van der Waals surface area contributed by atoms with Crippen molar-refractivity contribution >= 4 is 0 Å². The highest BCUT2D eigenvalue weighted by Crippen LogP contribution is 2.06. The summed E-state index contributed by atoms with van der Waals surface area (Å²) in [4.78, 5) is 2.51. The van der Waals surface area contributed by atoms with Gasteiger partial charge in [0.15, 0.2) is 0 Å². The largest absolute Gasteiger partial charge is 0.379 e. The van der Waals surface area contributed by atoms with E-state index in [4.69, 9.17) is 4.74 Å². The Morgan fingerprint density at radius 3 is 2.50 bits per heavy atom. The minimum atomic E-state index is 0.915. The fraction of sp³-hybridized carbons (Fsp3) is 0.571. The zero-order valence-electron chi connectivity index (χ0n) is 9.90. The molecule has 88 valence electrons. The molecule has 1 heterocycles. The summed E-state index contributed by atoms with van der Waals surface area (Å²) in [7, 11) is 0. The van der Waals surface area contributed by atoms with E-state index in [1.807, 2.05) is 0 Å². The molecule has 0 spiro atoms. The van der Waals surface area contributed by atoms with Crippen molar-refractivity contribution in [2.24, 2.45) is 0 Å². The number of nitrogens with zero attached hydrogens (tertiary/aromatic N) is 1. The van der Waals surface area contributed by atoms with E-state index in [0.717, 1.165) is 26.3 Å². The Labute approximate surface area is 98.2 Å². The predicted octanol–water partition coefficient (Wildman–Crippen LogP) is 2.34. The minimum absolute atomic E-state index is 0.915. The second-order valence-electron chi connectivity index (χ2n) is 4.40. The maximum atomic E-state index is 5.33. The lowest BCUT2D eigenvalue weighted by atomic mass is 10.1. The Balaban J connectivity index is 1.58. The summed E-state index contributed by atoms with van der Waals surface area (Å²) in [6, 6.07) is 10.8. The molecule has 1 fully saturated rings. The monoisotopic (exact) mass is 219 g/mol. The first-order chi connectivity index (χ1) is 7.95. The summed E-state index contributed by atoms with van der Waals surface area (Å²) in [5.74, 6) is 0. The lowest BCUT2D eigenvalue weighted by Crippen LogP contribution is -2.36. The van der Waals surface area contributed by atoms with Crippen molar-refractivity contribution in [3.05, 3.63) is 35.9 Å². The molecule has 0 N–H and O–H groups in total. The topological polar surface area (TPSA) is 12.5 Å². The number of unbranched alkanes of at least 4 members (excludes halogenated alkanes) is 1. The number of ether oxygens (including phenoxy) is 1. The smallest absolute Gasteiger partial charge is 0.0594 e. The van der Waals surface area contributed by atoms with Crippen molar-refractivity contribution in [3.63, 3.8) is 0 Å². The van der Waals surface area contributed by atoms with Gasteiger partial charge in [-0.15, -0.1) is 0 Å². The van der Waals surface area contributed by atoms with Crippen molar-refractivity contribution in [2.75, 3.05) is 32.8 Å². The van der Waals surface area contributed by atoms with E-state index in [-0.39, 0.29) is 0 Å². The van der Waals surface area contributed by atoms with Gasteiger partial charge in [-0.05, 0) is 31.4 Å². The maximum absolute atomic E-state index is 5.33. The van der Waals surface area contributed by atoms with E-state index in [0.29, 0.717) is 0 Å². The number of benzene rings is 1. The van der Waals surface area contributed by atoms with Crippen molar-refractivity contribution in [2.45, 2.75) is 19.3 Å². The average Bonchev–Trinajstić information content (AvgIpc) is 2.37. The molecule has 0 saturated carbocycles. The van der Waals surface area contributed by atoms with E-state index in [9.17, 15) is 0 Å². The molecular formula is C14H21NO. The van der Waals surface area contributed by atoms with Gasteiger partial charge in [-0.2, -0.15) is 0 Å². The van der Waals surface area contributed by atoms with Crippen LogP contribution in [0.4, 0.5) is 0 Å². The zero-order chi connectivity index (χ0) is 11.1. The number of hydrogen-bond donors (Lipinski definition) is 0. The Kier molecular flexibility index (Phi) is 4.84. The van der Waals surface area contributed by atoms with Gasteiger partial charge >= 0.3 is 0 Å². The second-order valence-corrected chi connectivity index (χ2v) is 4.40. The van der Waals surface area contributed by atoms with E-state index in [1.54, 1.807) is 0 Å². The predicted molar refractivity (Wildman–Crippen MR) is 66.6 cm³/mol. The second kappa shape index (κ2) is 6.66. The molecule has 0 atom stereocenters. The van der Waals surface area contributed by atoms with E-state index >= 15 is 0 Å². The number of hydrogen-bond acceptors (Lipinski definition) is 2. The molecule has 1 aromatic rings. The highest BCUT2D eigenvalue weighted by molar-refractivity contribution is 5.14. The first-order valence-corrected chi connectivity index (χ1v) is 6.29. The first-order valence-electron chi connectivity index (χ1n) is 6.29. The summed E-state index contributed by atoms with van der Waals surface area (Å²) in [5.41, 5.74) is 1.46. The number of morpholine rings is 1. The van der Waals surface area contributed by atoms with Gasteiger partial charge in [0, 0.05) is 13.1 Å². The average molecular weight is 219 g/mol. The van der Waals surface area contributed by atoms with Gasteiger partial charge in [0.25, 0.3) is 0 Å². The molecule has 1 saturated heterocycles. The van der Waals surface area contributed by atoms with Gasteiger partial charge in [0.05, 0.1) is 13.2 Å². The van der Waals surface area contributed by atoms with Crippen LogP contribution in [0.15, 0.2) is 30.3 Å². The highest BCUT2D eigenvalue weighted by Gasteiger charge is 2.08. The Morgan fingerprint density at radius 2 is 1.75 bits per heavy atom. The standard InChI is InChI=1S/C14H21NO/c1-2-6-14(7-3-1)8-4-5-9-15-10-12-16-13-11-15/h1-3,6-7H,4-5,8-13H2. The fourth-order valence-corrected chi connectivity index (χ4v) is 2.13. The Morgan fingerprint density at radius 1 is 1.00 bits per heavy atom. The zero-order valence-corrected chi connectivity index (χ0v) is 9.90. The normalized spacial score (nSPS) is 17.5. The third-order valence-electron chi connectivity index (χ3n) is 3.14. The van der Waals surface area contributed by atoms with Gasteiger partial charge in [0.1, 0.15) is 0 Å². The Hall–Kier alpha value is -0.860. The van der Waals surface area contributed by atoms with Crippen LogP contribution in [-0.4, -0.2) is 37.7 Å². The van der Waals surface area contributed by atoms with E-state index in [1.165, 1.54) is 31.4 Å². The third kappa shape index (κ3) is 3.95. The minimum Gasteiger partial charge on any atom is -0.379 e. The lowest BCUT2D eigenvalue weighted by molar-refractivity contribution is 0.0372. The van der Waals surface area contributed by atoms with Crippen LogP contribution in [0, 0.1) is 0 Å². The fourth-order valence-electron chi connectivity index (χ4n) is 2.13. The molecule has 0 unspecified atom stereocenters. The number of rotatable bonds is 5. The summed E-state index contributed by atoms with van der Waals surface area (Å²) < 4.78 is 5.33. The van der Waals surface area contributed by atoms with Crippen molar-refractivity contribution in [3.8, 4) is 0 Å². The van der Waals surface area contributed by atoms with Gasteiger partial charge in [0.2, 0.25) is 0 Å². The number of aryl methyl sites for hydroxylation is 1. The van der Waals surface area contributed by atoms with Crippen LogP contribution < -0.4 is 0 Å². The quantitative estimate of drug-likeness (QED) is 0.705. The first kappa shape index (κ1) is 11.6. The molecule has 2 rings (SSSR count). The van der Waals surface area contributed by atoms with Gasteiger partial charge in [-0.25, -0.2) is 0 Å². The van der Waals surface area contributed by atoms with Gasteiger partial charge in [-0.1, -0.05) is 30.3 Å². The van der Waals surface area contributed by atoms with Crippen molar-refractivity contribution in [1.82, 2.24) is 4.90 Å². The summed E-state index contributed by atoms with van der Waals surface area (Å²) >= 11 is 0. The summed E-state index contributed by atoms with van der Waals surface area (Å²) in [6.07, 6.45) is 3.81. The van der Waals surface area contributed by atoms with Crippen LogP contribution in [0.1, 0.15) is 18.4 Å². The molecule has 1 aromatic carbocycles. The Bertz CT molecular complexity index is 280. The molecule has 16 heavy (non-hydrogen) atoms. The molecule has 0 bridgehead atoms. The molecule has 2 heteroatoms. The lowest BCUT2D eigenvalue weighted by Gasteiger charge is -2.26. The van der Waals surface area contributed by atoms with Crippen molar-refractivity contribution < 1.29 is 4.74 Å². The third-order valence-corrected chi connectivity index (χ3v) is 3.14. The maximum Gasteiger partial charge on any atom is 0.0594 e. The van der Waals surface area contributed by atoms with Crippen LogP contribution >= 0.6 is 0 Å². The molecule has 2 nitrogen and oxygen atoms in total. The van der Waals surface area contributed by atoms with Crippen LogP contribution in [0.2, 0.25) is 0 Å². The highest BCUT2D eigenvalue weighted by atomic mass is 16.5. The molecule has 0 aromatic heterocycles. The van der Waals surface area contributed by atoms with Crippen LogP contribution in [0.5, 0.6) is 0 Å².